The van der Waals surface area contributed by atoms with E-state index in [9.17, 15) is 4.79 Å². The van der Waals surface area contributed by atoms with Gasteiger partial charge in [0.05, 0.1) is 11.3 Å². The van der Waals surface area contributed by atoms with Crippen molar-refractivity contribution >= 4 is 50.7 Å². The van der Waals surface area contributed by atoms with Crippen molar-refractivity contribution in [2.45, 2.75) is 0 Å². The Hall–Kier alpha value is -1.54. The molecule has 1 N–H and O–H groups in total. The lowest BCUT2D eigenvalue weighted by molar-refractivity contribution is 0.102. The second-order valence-corrected chi connectivity index (χ2v) is 5.70. The SMILES string of the molecule is N#Cc1ccc(Br)cc1NC(=O)c1cc(Cl)cc(Cl)c1. The molecule has 2 aromatic rings. The van der Waals surface area contributed by atoms with Crippen LogP contribution in [0.4, 0.5) is 5.69 Å². The number of benzene rings is 2. The van der Waals surface area contributed by atoms with Crippen LogP contribution >= 0.6 is 39.1 Å². The van der Waals surface area contributed by atoms with Gasteiger partial charge in [-0.05, 0) is 36.4 Å². The Balaban J connectivity index is 2.32. The maximum Gasteiger partial charge on any atom is 0.255 e. The number of nitrogens with one attached hydrogen (secondary N) is 1. The molecule has 2 rings (SSSR count). The van der Waals surface area contributed by atoms with Gasteiger partial charge in [-0.15, -0.1) is 0 Å². The van der Waals surface area contributed by atoms with Gasteiger partial charge in [0.15, 0.2) is 0 Å². The van der Waals surface area contributed by atoms with Crippen molar-refractivity contribution < 1.29 is 4.79 Å². The summed E-state index contributed by atoms with van der Waals surface area (Å²) in [5, 5.41) is 12.4. The molecule has 0 radical (unpaired) electrons. The average molecular weight is 370 g/mol. The van der Waals surface area contributed by atoms with Gasteiger partial charge in [0.1, 0.15) is 6.07 Å². The zero-order valence-electron chi connectivity index (χ0n) is 9.95. The third-order valence-electron chi connectivity index (χ3n) is 2.48. The highest BCUT2D eigenvalue weighted by atomic mass is 79.9. The van der Waals surface area contributed by atoms with E-state index in [4.69, 9.17) is 28.5 Å². The molecule has 0 aliphatic heterocycles. The van der Waals surface area contributed by atoms with Gasteiger partial charge in [0.2, 0.25) is 0 Å². The minimum absolute atomic E-state index is 0.325. The molecule has 2 aromatic carbocycles. The van der Waals surface area contributed by atoms with Crippen LogP contribution < -0.4 is 5.32 Å². The summed E-state index contributed by atoms with van der Waals surface area (Å²) in [6.45, 7) is 0. The number of hydrogen-bond acceptors (Lipinski definition) is 2. The zero-order valence-corrected chi connectivity index (χ0v) is 13.1. The summed E-state index contributed by atoms with van der Waals surface area (Å²) in [5.74, 6) is -0.385. The first-order valence-corrected chi connectivity index (χ1v) is 7.01. The maximum absolute atomic E-state index is 12.1. The summed E-state index contributed by atoms with van der Waals surface area (Å²) in [7, 11) is 0. The van der Waals surface area contributed by atoms with Crippen LogP contribution in [-0.4, -0.2) is 5.91 Å². The molecular weight excluding hydrogens is 363 g/mol. The third kappa shape index (κ3) is 3.51. The number of nitrogens with zero attached hydrogens (tertiary/aromatic N) is 1. The van der Waals surface area contributed by atoms with Gasteiger partial charge >= 0.3 is 0 Å². The van der Waals surface area contributed by atoms with Crippen LogP contribution in [0, 0.1) is 11.3 Å². The summed E-state index contributed by atoms with van der Waals surface area (Å²) < 4.78 is 0.760. The number of rotatable bonds is 2. The molecular formula is C14H7BrCl2N2O. The van der Waals surface area contributed by atoms with E-state index in [0.717, 1.165) is 4.47 Å². The molecule has 0 saturated heterocycles. The predicted molar refractivity (Wildman–Crippen MR) is 83.3 cm³/mol. The highest BCUT2D eigenvalue weighted by molar-refractivity contribution is 9.10. The first kappa shape index (κ1) is 14.9. The first-order valence-electron chi connectivity index (χ1n) is 5.46. The van der Waals surface area contributed by atoms with Crippen molar-refractivity contribution in [3.63, 3.8) is 0 Å². The molecule has 0 heterocycles. The molecule has 6 heteroatoms. The molecule has 0 bridgehead atoms. The highest BCUT2D eigenvalue weighted by Crippen LogP contribution is 2.23. The van der Waals surface area contributed by atoms with E-state index in [1.165, 1.54) is 12.1 Å². The lowest BCUT2D eigenvalue weighted by Gasteiger charge is -2.08. The predicted octanol–water partition coefficient (Wildman–Crippen LogP) is 4.88. The van der Waals surface area contributed by atoms with Crippen molar-refractivity contribution in [3.05, 3.63) is 62.0 Å². The molecule has 0 aliphatic rings. The molecule has 0 atom stereocenters. The minimum atomic E-state index is -0.385. The van der Waals surface area contributed by atoms with Crippen LogP contribution in [0.5, 0.6) is 0 Å². The van der Waals surface area contributed by atoms with Gasteiger partial charge in [-0.3, -0.25) is 4.79 Å². The number of hydrogen-bond donors (Lipinski definition) is 1. The number of anilines is 1. The monoisotopic (exact) mass is 368 g/mol. The molecule has 0 aliphatic carbocycles. The fourth-order valence-corrected chi connectivity index (χ4v) is 2.48. The highest BCUT2D eigenvalue weighted by Gasteiger charge is 2.11. The van der Waals surface area contributed by atoms with Crippen molar-refractivity contribution in [1.29, 1.82) is 5.26 Å². The van der Waals surface area contributed by atoms with Gasteiger partial charge < -0.3 is 5.32 Å². The normalized spacial score (nSPS) is 9.90. The largest absolute Gasteiger partial charge is 0.321 e. The Labute approximate surface area is 134 Å². The molecule has 0 unspecified atom stereocenters. The van der Waals surface area contributed by atoms with Crippen LogP contribution in [0.25, 0.3) is 0 Å². The van der Waals surface area contributed by atoms with Crippen molar-refractivity contribution in [2.24, 2.45) is 0 Å². The van der Waals surface area contributed by atoms with Gasteiger partial charge in [-0.2, -0.15) is 5.26 Å². The summed E-state index contributed by atoms with van der Waals surface area (Å²) in [5.41, 5.74) is 1.11. The van der Waals surface area contributed by atoms with Gasteiger partial charge in [0.25, 0.3) is 5.91 Å². The van der Waals surface area contributed by atoms with Crippen LogP contribution in [-0.2, 0) is 0 Å². The second kappa shape index (κ2) is 6.27. The van der Waals surface area contributed by atoms with E-state index in [0.29, 0.717) is 26.9 Å². The molecule has 0 saturated carbocycles. The van der Waals surface area contributed by atoms with E-state index in [-0.39, 0.29) is 5.91 Å². The topological polar surface area (TPSA) is 52.9 Å². The lowest BCUT2D eigenvalue weighted by Crippen LogP contribution is -2.13. The van der Waals surface area contributed by atoms with E-state index >= 15 is 0 Å². The van der Waals surface area contributed by atoms with Crippen LogP contribution in [0.2, 0.25) is 10.0 Å². The number of carbonyl (C=O) groups excluding carboxylic acids is 1. The maximum atomic E-state index is 12.1. The van der Waals surface area contributed by atoms with E-state index in [2.05, 4.69) is 21.2 Å². The molecule has 0 aromatic heterocycles. The fraction of sp³-hybridized carbons (Fsp3) is 0. The second-order valence-electron chi connectivity index (χ2n) is 3.91. The van der Waals surface area contributed by atoms with Crippen molar-refractivity contribution in [1.82, 2.24) is 0 Å². The minimum Gasteiger partial charge on any atom is -0.321 e. The average Bonchev–Trinajstić information content (AvgIpc) is 2.37. The van der Waals surface area contributed by atoms with Gasteiger partial charge in [-0.25, -0.2) is 0 Å². The Morgan fingerprint density at radius 3 is 2.40 bits per heavy atom. The fourth-order valence-electron chi connectivity index (χ4n) is 1.60. The number of carbonyl (C=O) groups is 1. The Morgan fingerprint density at radius 1 is 1.15 bits per heavy atom. The van der Waals surface area contributed by atoms with Crippen LogP contribution in [0.1, 0.15) is 15.9 Å². The van der Waals surface area contributed by atoms with Crippen LogP contribution in [0.3, 0.4) is 0 Å². The third-order valence-corrected chi connectivity index (χ3v) is 3.40. The van der Waals surface area contributed by atoms with Gasteiger partial charge in [-0.1, -0.05) is 39.1 Å². The van der Waals surface area contributed by atoms with Crippen molar-refractivity contribution in [2.75, 3.05) is 5.32 Å². The number of amides is 1. The molecule has 3 nitrogen and oxygen atoms in total. The number of halogens is 3. The standard InChI is InChI=1S/C14H7BrCl2N2O/c15-10-2-1-8(7-18)13(5-10)19-14(20)9-3-11(16)6-12(17)4-9/h1-6H,(H,19,20). The lowest BCUT2D eigenvalue weighted by atomic mass is 10.1. The molecule has 0 spiro atoms. The Kier molecular flexibility index (Phi) is 4.66. The summed E-state index contributed by atoms with van der Waals surface area (Å²) in [4.78, 5) is 12.1. The summed E-state index contributed by atoms with van der Waals surface area (Å²) in [6.07, 6.45) is 0. The zero-order chi connectivity index (χ0) is 14.7. The van der Waals surface area contributed by atoms with Crippen molar-refractivity contribution in [3.8, 4) is 6.07 Å². The van der Waals surface area contributed by atoms with Gasteiger partial charge in [0, 0.05) is 20.1 Å². The molecule has 0 fully saturated rings. The molecule has 1 amide bonds. The smallest absolute Gasteiger partial charge is 0.255 e. The quantitative estimate of drug-likeness (QED) is 0.820. The van der Waals surface area contributed by atoms with E-state index in [1.54, 1.807) is 24.3 Å². The Morgan fingerprint density at radius 2 is 1.80 bits per heavy atom. The summed E-state index contributed by atoms with van der Waals surface area (Å²) >= 11 is 15.0. The number of nitriles is 1. The first-order chi connectivity index (χ1) is 9.49. The van der Waals surface area contributed by atoms with E-state index in [1.807, 2.05) is 6.07 Å². The molecule has 20 heavy (non-hydrogen) atoms. The van der Waals surface area contributed by atoms with E-state index < -0.39 is 0 Å². The Bertz CT molecular complexity index is 705. The summed E-state index contributed by atoms with van der Waals surface area (Å²) in [6, 6.07) is 11.6. The molecule has 100 valence electrons. The van der Waals surface area contributed by atoms with Crippen LogP contribution in [0.15, 0.2) is 40.9 Å².